The summed E-state index contributed by atoms with van der Waals surface area (Å²) < 4.78 is 1.60. The van der Waals surface area contributed by atoms with Crippen molar-refractivity contribution in [3.8, 4) is 0 Å². The molecule has 1 heterocycles. The Kier molecular flexibility index (Phi) is 3.62. The molecule has 94 valence electrons. The molecule has 5 heteroatoms. The fraction of sp³-hybridized carbons (Fsp3) is 0.231. The molecule has 0 atom stereocenters. The number of rotatable bonds is 4. The lowest BCUT2D eigenvalue weighted by molar-refractivity contribution is 0.718. The van der Waals surface area contributed by atoms with E-state index in [0.29, 0.717) is 24.6 Å². The number of nitrogens with one attached hydrogen (secondary N) is 1. The van der Waals surface area contributed by atoms with Crippen molar-refractivity contribution in [3.05, 3.63) is 52.6 Å². The minimum Gasteiger partial charge on any atom is -0.398 e. The summed E-state index contributed by atoms with van der Waals surface area (Å²) in [6.07, 6.45) is 3.28. The van der Waals surface area contributed by atoms with Crippen molar-refractivity contribution in [1.29, 1.82) is 0 Å². The van der Waals surface area contributed by atoms with Gasteiger partial charge in [-0.1, -0.05) is 18.2 Å². The number of hydrogen-bond donors (Lipinski definition) is 2. The Morgan fingerprint density at radius 3 is 2.89 bits per heavy atom. The highest BCUT2D eigenvalue weighted by atomic mass is 16.1. The van der Waals surface area contributed by atoms with Gasteiger partial charge in [-0.05, 0) is 18.6 Å². The summed E-state index contributed by atoms with van der Waals surface area (Å²) in [5.41, 5.74) is 7.37. The van der Waals surface area contributed by atoms with Gasteiger partial charge in [0.25, 0.3) is 5.56 Å². The predicted octanol–water partition coefficient (Wildman–Crippen LogP) is 1.46. The van der Waals surface area contributed by atoms with E-state index in [1.807, 2.05) is 31.2 Å². The topological polar surface area (TPSA) is 72.9 Å². The quantitative estimate of drug-likeness (QED) is 0.798. The number of aromatic nitrogens is 2. The van der Waals surface area contributed by atoms with Gasteiger partial charge >= 0.3 is 0 Å². The van der Waals surface area contributed by atoms with Crippen LogP contribution in [0.25, 0.3) is 0 Å². The normalized spacial score (nSPS) is 10.3. The lowest BCUT2D eigenvalue weighted by atomic mass is 10.2. The van der Waals surface area contributed by atoms with Crippen LogP contribution in [0.5, 0.6) is 0 Å². The highest BCUT2D eigenvalue weighted by Crippen LogP contribution is 2.11. The predicted molar refractivity (Wildman–Crippen MR) is 72.4 cm³/mol. The van der Waals surface area contributed by atoms with Gasteiger partial charge in [-0.3, -0.25) is 4.79 Å². The Labute approximate surface area is 105 Å². The molecular formula is C13H16N4O. The van der Waals surface area contributed by atoms with E-state index in [2.05, 4.69) is 10.3 Å². The zero-order valence-corrected chi connectivity index (χ0v) is 10.3. The molecule has 0 saturated carbocycles. The van der Waals surface area contributed by atoms with Crippen molar-refractivity contribution >= 4 is 11.5 Å². The second-order valence-corrected chi connectivity index (χ2v) is 3.92. The molecule has 2 rings (SSSR count). The van der Waals surface area contributed by atoms with E-state index in [9.17, 15) is 4.79 Å². The van der Waals surface area contributed by atoms with Crippen molar-refractivity contribution in [3.63, 3.8) is 0 Å². The van der Waals surface area contributed by atoms with Gasteiger partial charge < -0.3 is 15.6 Å². The van der Waals surface area contributed by atoms with Crippen LogP contribution in [0.4, 0.5) is 11.5 Å². The summed E-state index contributed by atoms with van der Waals surface area (Å²) >= 11 is 0. The Morgan fingerprint density at radius 1 is 1.39 bits per heavy atom. The van der Waals surface area contributed by atoms with E-state index in [4.69, 9.17) is 5.73 Å². The molecule has 0 amide bonds. The molecular weight excluding hydrogens is 228 g/mol. The SMILES string of the molecule is CCn1ccnc(NCc2ccccc2N)c1=O. The van der Waals surface area contributed by atoms with Gasteiger partial charge in [0.15, 0.2) is 5.82 Å². The first-order chi connectivity index (χ1) is 8.72. The Hall–Kier alpha value is -2.30. The summed E-state index contributed by atoms with van der Waals surface area (Å²) in [7, 11) is 0. The third-order valence-corrected chi connectivity index (χ3v) is 2.76. The van der Waals surface area contributed by atoms with Crippen LogP contribution in [0, 0.1) is 0 Å². The van der Waals surface area contributed by atoms with E-state index in [-0.39, 0.29) is 5.56 Å². The van der Waals surface area contributed by atoms with E-state index in [1.165, 1.54) is 0 Å². The molecule has 0 aliphatic rings. The molecule has 1 aromatic carbocycles. The van der Waals surface area contributed by atoms with Crippen LogP contribution < -0.4 is 16.6 Å². The summed E-state index contributed by atoms with van der Waals surface area (Å²) in [6.45, 7) is 3.03. The first kappa shape index (κ1) is 12.2. The second-order valence-electron chi connectivity index (χ2n) is 3.92. The lowest BCUT2D eigenvalue weighted by Crippen LogP contribution is -2.23. The molecule has 3 N–H and O–H groups in total. The average Bonchev–Trinajstić information content (AvgIpc) is 2.39. The minimum absolute atomic E-state index is 0.116. The van der Waals surface area contributed by atoms with Crippen molar-refractivity contribution in [2.75, 3.05) is 11.1 Å². The Bertz CT molecular complexity index is 592. The molecule has 2 aromatic rings. The zero-order chi connectivity index (χ0) is 13.0. The van der Waals surface area contributed by atoms with Crippen LogP contribution in [-0.2, 0) is 13.1 Å². The van der Waals surface area contributed by atoms with Crippen LogP contribution >= 0.6 is 0 Å². The third-order valence-electron chi connectivity index (χ3n) is 2.76. The van der Waals surface area contributed by atoms with E-state index >= 15 is 0 Å². The largest absolute Gasteiger partial charge is 0.398 e. The van der Waals surface area contributed by atoms with E-state index in [1.54, 1.807) is 17.0 Å². The molecule has 1 aromatic heterocycles. The smallest absolute Gasteiger partial charge is 0.293 e. The number of nitrogen functional groups attached to an aromatic ring is 1. The minimum atomic E-state index is -0.116. The van der Waals surface area contributed by atoms with Crippen LogP contribution in [0.2, 0.25) is 0 Å². The number of benzene rings is 1. The van der Waals surface area contributed by atoms with E-state index < -0.39 is 0 Å². The molecule has 18 heavy (non-hydrogen) atoms. The molecule has 5 nitrogen and oxygen atoms in total. The first-order valence-corrected chi connectivity index (χ1v) is 5.85. The maximum absolute atomic E-state index is 11.9. The van der Waals surface area contributed by atoms with Crippen LogP contribution in [0.15, 0.2) is 41.5 Å². The molecule has 0 aliphatic heterocycles. The summed E-state index contributed by atoms with van der Waals surface area (Å²) in [5.74, 6) is 0.350. The number of hydrogen-bond acceptors (Lipinski definition) is 4. The number of para-hydroxylation sites is 1. The number of nitrogens with two attached hydrogens (primary N) is 1. The van der Waals surface area contributed by atoms with Crippen LogP contribution in [-0.4, -0.2) is 9.55 Å². The number of aryl methyl sites for hydroxylation is 1. The molecule has 0 spiro atoms. The van der Waals surface area contributed by atoms with E-state index in [0.717, 1.165) is 5.56 Å². The third kappa shape index (κ3) is 2.51. The van der Waals surface area contributed by atoms with Gasteiger partial charge in [0.1, 0.15) is 0 Å². The molecule has 0 unspecified atom stereocenters. The summed E-state index contributed by atoms with van der Waals surface area (Å²) in [6, 6.07) is 7.54. The molecule has 0 bridgehead atoms. The highest BCUT2D eigenvalue weighted by Gasteiger charge is 2.04. The van der Waals surface area contributed by atoms with Gasteiger partial charge in [0.2, 0.25) is 0 Å². The average molecular weight is 244 g/mol. The van der Waals surface area contributed by atoms with Gasteiger partial charge in [-0.15, -0.1) is 0 Å². The Morgan fingerprint density at radius 2 is 2.17 bits per heavy atom. The highest BCUT2D eigenvalue weighted by molar-refractivity contribution is 5.48. The monoisotopic (exact) mass is 244 g/mol. The standard InChI is InChI=1S/C13H16N4O/c1-2-17-8-7-15-12(13(17)18)16-9-10-5-3-4-6-11(10)14/h3-8H,2,9,14H2,1H3,(H,15,16). The van der Waals surface area contributed by atoms with Gasteiger partial charge in [-0.2, -0.15) is 0 Å². The van der Waals surface area contributed by atoms with Gasteiger partial charge in [-0.25, -0.2) is 4.98 Å². The zero-order valence-electron chi connectivity index (χ0n) is 10.3. The number of anilines is 2. The fourth-order valence-corrected chi connectivity index (χ4v) is 1.69. The lowest BCUT2D eigenvalue weighted by Gasteiger charge is -2.08. The number of nitrogens with zero attached hydrogens (tertiary/aromatic N) is 2. The van der Waals surface area contributed by atoms with Crippen molar-refractivity contribution in [1.82, 2.24) is 9.55 Å². The molecule has 0 fully saturated rings. The fourth-order valence-electron chi connectivity index (χ4n) is 1.69. The maximum atomic E-state index is 11.9. The van der Waals surface area contributed by atoms with Crippen molar-refractivity contribution in [2.45, 2.75) is 20.0 Å². The maximum Gasteiger partial charge on any atom is 0.293 e. The van der Waals surface area contributed by atoms with Crippen molar-refractivity contribution < 1.29 is 0 Å². The van der Waals surface area contributed by atoms with Gasteiger partial charge in [0.05, 0.1) is 0 Å². The molecule has 0 saturated heterocycles. The van der Waals surface area contributed by atoms with Crippen molar-refractivity contribution in [2.24, 2.45) is 0 Å². The first-order valence-electron chi connectivity index (χ1n) is 5.85. The van der Waals surface area contributed by atoms with Crippen LogP contribution in [0.3, 0.4) is 0 Å². The Balaban J connectivity index is 2.16. The second kappa shape index (κ2) is 5.35. The van der Waals surface area contributed by atoms with Crippen LogP contribution in [0.1, 0.15) is 12.5 Å². The molecule has 0 radical (unpaired) electrons. The summed E-state index contributed by atoms with van der Waals surface area (Å²) in [4.78, 5) is 16.0. The summed E-state index contributed by atoms with van der Waals surface area (Å²) in [5, 5.41) is 3.02. The molecule has 0 aliphatic carbocycles. The van der Waals surface area contributed by atoms with Gasteiger partial charge in [0, 0.05) is 31.2 Å².